The molecule has 1 saturated heterocycles. The molecular weight excluding hydrogens is 245 g/mol. The highest BCUT2D eigenvalue weighted by Gasteiger charge is 2.25. The van der Waals surface area contributed by atoms with E-state index >= 15 is 0 Å². The Morgan fingerprint density at radius 1 is 1.47 bits per heavy atom. The Morgan fingerprint density at radius 2 is 2.16 bits per heavy atom. The van der Waals surface area contributed by atoms with E-state index in [2.05, 4.69) is 10.2 Å². The zero-order valence-electron chi connectivity index (χ0n) is 11.0. The third-order valence-corrected chi connectivity index (χ3v) is 3.61. The van der Waals surface area contributed by atoms with Gasteiger partial charge >= 0.3 is 0 Å². The lowest BCUT2D eigenvalue weighted by molar-refractivity contribution is 0.166. The average Bonchev–Trinajstić information content (AvgIpc) is 2.44. The van der Waals surface area contributed by atoms with Crippen LogP contribution in [0.2, 0.25) is 0 Å². The second kappa shape index (κ2) is 6.00. The van der Waals surface area contributed by atoms with E-state index < -0.39 is 5.82 Å². The SMILES string of the molecule is CC[C@@H](c1ccc(F)c(C#N)c1O)N1CCNCC1. The maximum absolute atomic E-state index is 13.4. The van der Waals surface area contributed by atoms with Crippen molar-refractivity contribution in [3.63, 3.8) is 0 Å². The molecule has 1 aromatic carbocycles. The number of rotatable bonds is 3. The molecule has 1 fully saturated rings. The van der Waals surface area contributed by atoms with Gasteiger partial charge < -0.3 is 10.4 Å². The number of aromatic hydroxyl groups is 1. The van der Waals surface area contributed by atoms with Gasteiger partial charge in [0, 0.05) is 37.8 Å². The molecule has 1 atom stereocenters. The molecule has 0 radical (unpaired) electrons. The number of piperazine rings is 1. The molecule has 0 aliphatic carbocycles. The van der Waals surface area contributed by atoms with E-state index in [1.54, 1.807) is 12.1 Å². The number of halogens is 1. The van der Waals surface area contributed by atoms with Gasteiger partial charge in [0.1, 0.15) is 23.2 Å². The first-order valence-corrected chi connectivity index (χ1v) is 6.55. The van der Waals surface area contributed by atoms with E-state index in [-0.39, 0.29) is 17.4 Å². The van der Waals surface area contributed by atoms with Crippen LogP contribution in [0, 0.1) is 17.1 Å². The van der Waals surface area contributed by atoms with Crippen LogP contribution in [0.25, 0.3) is 0 Å². The summed E-state index contributed by atoms with van der Waals surface area (Å²) in [6.45, 7) is 5.61. The first kappa shape index (κ1) is 13.8. The van der Waals surface area contributed by atoms with Crippen LogP contribution in [0.5, 0.6) is 5.75 Å². The molecule has 0 bridgehead atoms. The van der Waals surface area contributed by atoms with Gasteiger partial charge in [0.25, 0.3) is 0 Å². The summed E-state index contributed by atoms with van der Waals surface area (Å²) in [6.07, 6.45) is 0.810. The minimum Gasteiger partial charge on any atom is -0.506 e. The van der Waals surface area contributed by atoms with Crippen LogP contribution in [0.3, 0.4) is 0 Å². The molecule has 2 rings (SSSR count). The molecule has 0 saturated carbocycles. The maximum atomic E-state index is 13.4. The van der Waals surface area contributed by atoms with E-state index in [0.717, 1.165) is 32.6 Å². The summed E-state index contributed by atoms with van der Waals surface area (Å²) in [7, 11) is 0. The van der Waals surface area contributed by atoms with E-state index in [1.807, 2.05) is 6.92 Å². The summed E-state index contributed by atoms with van der Waals surface area (Å²) in [5, 5.41) is 22.3. The summed E-state index contributed by atoms with van der Waals surface area (Å²) in [5.41, 5.74) is 0.383. The average molecular weight is 263 g/mol. The van der Waals surface area contributed by atoms with Crippen molar-refractivity contribution in [2.24, 2.45) is 0 Å². The van der Waals surface area contributed by atoms with Crippen molar-refractivity contribution in [3.8, 4) is 11.8 Å². The summed E-state index contributed by atoms with van der Waals surface area (Å²) in [4.78, 5) is 2.25. The monoisotopic (exact) mass is 263 g/mol. The molecule has 4 nitrogen and oxygen atoms in total. The predicted octanol–water partition coefficient (Wildman–Crippen LogP) is 1.76. The molecule has 1 aromatic rings. The zero-order valence-corrected chi connectivity index (χ0v) is 11.0. The summed E-state index contributed by atoms with van der Waals surface area (Å²) in [6, 6.07) is 4.60. The van der Waals surface area contributed by atoms with Crippen molar-refractivity contribution in [2.45, 2.75) is 19.4 Å². The van der Waals surface area contributed by atoms with Crippen molar-refractivity contribution in [2.75, 3.05) is 26.2 Å². The fourth-order valence-electron chi connectivity index (χ4n) is 2.63. The van der Waals surface area contributed by atoms with Crippen molar-refractivity contribution >= 4 is 0 Å². The molecule has 1 aliphatic heterocycles. The van der Waals surface area contributed by atoms with Gasteiger partial charge in [-0.3, -0.25) is 4.90 Å². The Labute approximate surface area is 112 Å². The second-order valence-electron chi connectivity index (χ2n) is 4.68. The topological polar surface area (TPSA) is 59.3 Å². The van der Waals surface area contributed by atoms with Crippen LogP contribution in [-0.4, -0.2) is 36.2 Å². The number of nitrogens with zero attached hydrogens (tertiary/aromatic N) is 2. The van der Waals surface area contributed by atoms with Crippen molar-refractivity contribution in [3.05, 3.63) is 29.1 Å². The van der Waals surface area contributed by atoms with Gasteiger partial charge in [-0.2, -0.15) is 5.26 Å². The normalized spacial score (nSPS) is 17.9. The maximum Gasteiger partial charge on any atom is 0.144 e. The smallest absolute Gasteiger partial charge is 0.144 e. The number of phenolic OH excluding ortho intramolecular Hbond substituents is 1. The lowest BCUT2D eigenvalue weighted by Gasteiger charge is -2.35. The van der Waals surface area contributed by atoms with E-state index in [1.165, 1.54) is 6.07 Å². The highest BCUT2D eigenvalue weighted by Crippen LogP contribution is 2.34. The minimum atomic E-state index is -0.668. The van der Waals surface area contributed by atoms with Crippen molar-refractivity contribution < 1.29 is 9.50 Å². The first-order valence-electron chi connectivity index (χ1n) is 6.55. The number of nitriles is 1. The van der Waals surface area contributed by atoms with Gasteiger partial charge in [0.15, 0.2) is 0 Å². The van der Waals surface area contributed by atoms with Gasteiger partial charge in [0.05, 0.1) is 0 Å². The minimum absolute atomic E-state index is 0.0230. The third kappa shape index (κ3) is 2.70. The zero-order chi connectivity index (χ0) is 13.8. The van der Waals surface area contributed by atoms with Crippen LogP contribution in [0.1, 0.15) is 30.5 Å². The van der Waals surface area contributed by atoms with Crippen LogP contribution in [0.4, 0.5) is 4.39 Å². The van der Waals surface area contributed by atoms with Crippen LogP contribution >= 0.6 is 0 Å². The Bertz CT molecular complexity index is 492. The second-order valence-corrected chi connectivity index (χ2v) is 4.68. The number of hydrogen-bond donors (Lipinski definition) is 2. The highest BCUT2D eigenvalue weighted by molar-refractivity contribution is 5.49. The van der Waals surface area contributed by atoms with E-state index in [9.17, 15) is 9.50 Å². The van der Waals surface area contributed by atoms with Gasteiger partial charge in [-0.15, -0.1) is 0 Å². The first-order chi connectivity index (χ1) is 9.19. The molecule has 0 spiro atoms. The van der Waals surface area contributed by atoms with E-state index in [0.29, 0.717) is 5.56 Å². The lowest BCUT2D eigenvalue weighted by Crippen LogP contribution is -2.45. The van der Waals surface area contributed by atoms with Crippen molar-refractivity contribution in [1.29, 1.82) is 5.26 Å². The predicted molar refractivity (Wildman–Crippen MR) is 70.3 cm³/mol. The molecule has 102 valence electrons. The number of hydrogen-bond acceptors (Lipinski definition) is 4. The summed E-state index contributed by atoms with van der Waals surface area (Å²) in [5.74, 6) is -0.883. The molecule has 0 aromatic heterocycles. The highest BCUT2D eigenvalue weighted by atomic mass is 19.1. The number of phenols is 1. The van der Waals surface area contributed by atoms with Crippen LogP contribution < -0.4 is 5.32 Å². The molecular formula is C14H18FN3O. The fraction of sp³-hybridized carbons (Fsp3) is 0.500. The Hall–Kier alpha value is -1.64. The summed E-state index contributed by atoms with van der Waals surface area (Å²) >= 11 is 0. The molecule has 5 heteroatoms. The molecule has 2 N–H and O–H groups in total. The molecule has 1 heterocycles. The van der Waals surface area contributed by atoms with Gasteiger partial charge in [-0.05, 0) is 12.5 Å². The van der Waals surface area contributed by atoms with Gasteiger partial charge in [0.2, 0.25) is 0 Å². The molecule has 1 aliphatic rings. The molecule has 0 amide bonds. The number of benzene rings is 1. The molecule has 19 heavy (non-hydrogen) atoms. The quantitative estimate of drug-likeness (QED) is 0.872. The largest absolute Gasteiger partial charge is 0.506 e. The standard InChI is InChI=1S/C14H18FN3O/c1-2-13(18-7-5-17-6-8-18)10-3-4-12(15)11(9-16)14(10)19/h3-4,13,17,19H,2,5-8H2,1H3/t13-/m0/s1. The summed E-state index contributed by atoms with van der Waals surface area (Å²) < 4.78 is 13.4. The third-order valence-electron chi connectivity index (χ3n) is 3.61. The Kier molecular flexibility index (Phi) is 4.35. The van der Waals surface area contributed by atoms with Gasteiger partial charge in [-0.1, -0.05) is 13.0 Å². The Balaban J connectivity index is 2.35. The number of nitrogens with one attached hydrogen (secondary N) is 1. The van der Waals surface area contributed by atoms with Crippen LogP contribution in [-0.2, 0) is 0 Å². The fourth-order valence-corrected chi connectivity index (χ4v) is 2.63. The Morgan fingerprint density at radius 3 is 2.74 bits per heavy atom. The molecule has 0 unspecified atom stereocenters. The van der Waals surface area contributed by atoms with E-state index in [4.69, 9.17) is 5.26 Å². The van der Waals surface area contributed by atoms with Gasteiger partial charge in [-0.25, -0.2) is 4.39 Å². The lowest BCUT2D eigenvalue weighted by atomic mass is 9.98. The van der Waals surface area contributed by atoms with Crippen molar-refractivity contribution in [1.82, 2.24) is 10.2 Å². The van der Waals surface area contributed by atoms with Crippen LogP contribution in [0.15, 0.2) is 12.1 Å².